The van der Waals surface area contributed by atoms with E-state index in [1.807, 2.05) is 26.8 Å². The second-order valence-electron chi connectivity index (χ2n) is 5.51. The summed E-state index contributed by atoms with van der Waals surface area (Å²) < 4.78 is 5.41. The van der Waals surface area contributed by atoms with Crippen molar-refractivity contribution in [3.63, 3.8) is 0 Å². The fourth-order valence-corrected chi connectivity index (χ4v) is 2.26. The molecule has 3 heteroatoms. The molecule has 0 bridgehead atoms. The number of esters is 1. The number of nitrogens with two attached hydrogens (primary N) is 1. The molecule has 3 nitrogen and oxygen atoms in total. The van der Waals surface area contributed by atoms with Gasteiger partial charge < -0.3 is 10.5 Å². The van der Waals surface area contributed by atoms with Gasteiger partial charge in [0.15, 0.2) is 0 Å². The Morgan fingerprint density at radius 1 is 1.24 bits per heavy atom. The molecular weight excluding hydrogens is 214 g/mol. The van der Waals surface area contributed by atoms with E-state index in [-0.39, 0.29) is 5.97 Å². The van der Waals surface area contributed by atoms with Crippen LogP contribution in [0.3, 0.4) is 0 Å². The van der Waals surface area contributed by atoms with Gasteiger partial charge in [0, 0.05) is 5.69 Å². The molecule has 0 unspecified atom stereocenters. The van der Waals surface area contributed by atoms with Crippen LogP contribution in [0.25, 0.3) is 0 Å². The lowest BCUT2D eigenvalue weighted by atomic mass is 10.0. The molecular formula is C14H19NO2. The van der Waals surface area contributed by atoms with Crippen LogP contribution in [0.5, 0.6) is 0 Å². The first kappa shape index (κ1) is 12.0. The minimum atomic E-state index is -0.454. The van der Waals surface area contributed by atoms with Gasteiger partial charge in [0.1, 0.15) is 5.60 Å². The quantitative estimate of drug-likeness (QED) is 0.599. The summed E-state index contributed by atoms with van der Waals surface area (Å²) in [6.07, 6.45) is 2.96. The summed E-state index contributed by atoms with van der Waals surface area (Å²) in [5.74, 6) is -0.240. The third kappa shape index (κ3) is 2.43. The number of fused-ring (bicyclic) bond motifs is 1. The van der Waals surface area contributed by atoms with Crippen LogP contribution in [0.1, 0.15) is 48.7 Å². The van der Waals surface area contributed by atoms with Crippen molar-refractivity contribution in [2.45, 2.75) is 45.6 Å². The monoisotopic (exact) mass is 233 g/mol. The normalized spacial score (nSPS) is 14.5. The molecule has 0 radical (unpaired) electrons. The van der Waals surface area contributed by atoms with E-state index in [1.165, 1.54) is 0 Å². The number of carbonyl (C=O) groups excluding carboxylic acids is 1. The zero-order valence-corrected chi connectivity index (χ0v) is 10.7. The minimum absolute atomic E-state index is 0.240. The number of nitrogen functional groups attached to an aromatic ring is 1. The van der Waals surface area contributed by atoms with E-state index >= 15 is 0 Å². The smallest absolute Gasteiger partial charge is 0.338 e. The fraction of sp³-hybridized carbons (Fsp3) is 0.500. The van der Waals surface area contributed by atoms with Gasteiger partial charge in [-0.05, 0) is 63.3 Å². The second-order valence-corrected chi connectivity index (χ2v) is 5.51. The largest absolute Gasteiger partial charge is 0.456 e. The molecule has 2 rings (SSSR count). The number of hydrogen-bond donors (Lipinski definition) is 1. The molecule has 0 saturated carbocycles. The Morgan fingerprint density at radius 3 is 2.53 bits per heavy atom. The topological polar surface area (TPSA) is 52.3 Å². The Morgan fingerprint density at radius 2 is 1.88 bits per heavy atom. The zero-order chi connectivity index (χ0) is 12.6. The molecule has 0 heterocycles. The maximum atomic E-state index is 12.1. The first-order valence-electron chi connectivity index (χ1n) is 6.02. The van der Waals surface area contributed by atoms with E-state index in [0.29, 0.717) is 5.56 Å². The molecule has 17 heavy (non-hydrogen) atoms. The standard InChI is InChI=1S/C14H19NO2/c1-14(2,3)17-13(16)11-7-8-12(15)10-6-4-5-9(10)11/h7-8H,4-6,15H2,1-3H3. The zero-order valence-electron chi connectivity index (χ0n) is 10.7. The predicted molar refractivity (Wildman–Crippen MR) is 68.0 cm³/mol. The summed E-state index contributed by atoms with van der Waals surface area (Å²) in [6, 6.07) is 3.59. The van der Waals surface area contributed by atoms with Crippen LogP contribution >= 0.6 is 0 Å². The Bertz CT molecular complexity index is 458. The second kappa shape index (κ2) is 4.06. The van der Waals surface area contributed by atoms with Crippen LogP contribution in [0.4, 0.5) is 5.69 Å². The molecule has 1 aliphatic carbocycles. The molecule has 92 valence electrons. The number of hydrogen-bond acceptors (Lipinski definition) is 3. The van der Waals surface area contributed by atoms with Crippen LogP contribution in [0, 0.1) is 0 Å². The maximum Gasteiger partial charge on any atom is 0.338 e. The summed E-state index contributed by atoms with van der Waals surface area (Å²) in [4.78, 5) is 12.1. The van der Waals surface area contributed by atoms with Crippen molar-refractivity contribution in [3.05, 3.63) is 28.8 Å². The average molecular weight is 233 g/mol. The van der Waals surface area contributed by atoms with E-state index < -0.39 is 5.60 Å². The molecule has 0 aliphatic heterocycles. The number of rotatable bonds is 1. The molecule has 1 aliphatic rings. The van der Waals surface area contributed by atoms with E-state index in [0.717, 1.165) is 36.1 Å². The third-order valence-corrected chi connectivity index (χ3v) is 2.94. The van der Waals surface area contributed by atoms with Gasteiger partial charge >= 0.3 is 5.97 Å². The van der Waals surface area contributed by atoms with Crippen molar-refractivity contribution >= 4 is 11.7 Å². The molecule has 0 atom stereocenters. The molecule has 0 fully saturated rings. The molecule has 2 N–H and O–H groups in total. The molecule has 0 amide bonds. The lowest BCUT2D eigenvalue weighted by molar-refractivity contribution is 0.00685. The van der Waals surface area contributed by atoms with E-state index in [4.69, 9.17) is 10.5 Å². The summed E-state index contributed by atoms with van der Waals surface area (Å²) in [5.41, 5.74) is 9.16. The summed E-state index contributed by atoms with van der Waals surface area (Å²) >= 11 is 0. The molecule has 1 aromatic carbocycles. The summed E-state index contributed by atoms with van der Waals surface area (Å²) in [7, 11) is 0. The molecule has 0 spiro atoms. The third-order valence-electron chi connectivity index (χ3n) is 2.94. The van der Waals surface area contributed by atoms with Crippen LogP contribution in [-0.4, -0.2) is 11.6 Å². The van der Waals surface area contributed by atoms with E-state index in [1.54, 1.807) is 6.07 Å². The SMILES string of the molecule is CC(C)(C)OC(=O)c1ccc(N)c2c1CCC2. The maximum absolute atomic E-state index is 12.1. The van der Waals surface area contributed by atoms with Crippen LogP contribution in [0.2, 0.25) is 0 Å². The lowest BCUT2D eigenvalue weighted by Gasteiger charge is -2.20. The highest BCUT2D eigenvalue weighted by Gasteiger charge is 2.24. The summed E-state index contributed by atoms with van der Waals surface area (Å²) in [6.45, 7) is 5.63. The van der Waals surface area contributed by atoms with Crippen LogP contribution in [-0.2, 0) is 17.6 Å². The highest BCUT2D eigenvalue weighted by Crippen LogP contribution is 2.31. The van der Waals surface area contributed by atoms with Crippen LogP contribution < -0.4 is 5.73 Å². The highest BCUT2D eigenvalue weighted by atomic mass is 16.6. The number of benzene rings is 1. The number of carbonyl (C=O) groups is 1. The van der Waals surface area contributed by atoms with Gasteiger partial charge in [0.25, 0.3) is 0 Å². The molecule has 0 aromatic heterocycles. The number of ether oxygens (including phenoxy) is 1. The summed E-state index contributed by atoms with van der Waals surface area (Å²) in [5, 5.41) is 0. The van der Waals surface area contributed by atoms with Gasteiger partial charge in [-0.15, -0.1) is 0 Å². The van der Waals surface area contributed by atoms with Gasteiger partial charge in [-0.3, -0.25) is 0 Å². The Hall–Kier alpha value is -1.51. The van der Waals surface area contributed by atoms with Gasteiger partial charge in [-0.25, -0.2) is 4.79 Å². The van der Waals surface area contributed by atoms with Gasteiger partial charge in [-0.1, -0.05) is 0 Å². The predicted octanol–water partition coefficient (Wildman–Crippen LogP) is 2.71. The van der Waals surface area contributed by atoms with Crippen molar-refractivity contribution in [2.75, 3.05) is 5.73 Å². The molecule has 1 aromatic rings. The van der Waals surface area contributed by atoms with E-state index in [2.05, 4.69) is 0 Å². The van der Waals surface area contributed by atoms with Gasteiger partial charge in [0.05, 0.1) is 5.56 Å². The van der Waals surface area contributed by atoms with Crippen LogP contribution in [0.15, 0.2) is 12.1 Å². The Balaban J connectivity index is 2.34. The Kier molecular flexibility index (Phi) is 2.86. The molecule has 0 saturated heterocycles. The van der Waals surface area contributed by atoms with Gasteiger partial charge in [0.2, 0.25) is 0 Å². The first-order valence-corrected chi connectivity index (χ1v) is 6.02. The van der Waals surface area contributed by atoms with Crippen molar-refractivity contribution in [1.29, 1.82) is 0 Å². The highest BCUT2D eigenvalue weighted by molar-refractivity contribution is 5.92. The van der Waals surface area contributed by atoms with Gasteiger partial charge in [-0.2, -0.15) is 0 Å². The average Bonchev–Trinajstić information content (AvgIpc) is 2.64. The Labute approximate surface area is 102 Å². The fourth-order valence-electron chi connectivity index (χ4n) is 2.26. The lowest BCUT2D eigenvalue weighted by Crippen LogP contribution is -2.24. The van der Waals surface area contributed by atoms with Crippen molar-refractivity contribution in [3.8, 4) is 0 Å². The van der Waals surface area contributed by atoms with Crippen molar-refractivity contribution < 1.29 is 9.53 Å². The van der Waals surface area contributed by atoms with Crippen molar-refractivity contribution in [1.82, 2.24) is 0 Å². The minimum Gasteiger partial charge on any atom is -0.456 e. The van der Waals surface area contributed by atoms with Crippen molar-refractivity contribution in [2.24, 2.45) is 0 Å². The van der Waals surface area contributed by atoms with E-state index in [9.17, 15) is 4.79 Å². The number of anilines is 1. The first-order chi connectivity index (χ1) is 7.88.